The van der Waals surface area contributed by atoms with Crippen molar-refractivity contribution in [2.45, 2.75) is 18.9 Å². The molecule has 0 unspecified atom stereocenters. The highest BCUT2D eigenvalue weighted by molar-refractivity contribution is 9.10. The van der Waals surface area contributed by atoms with Gasteiger partial charge in [0.15, 0.2) is 0 Å². The van der Waals surface area contributed by atoms with Crippen molar-refractivity contribution < 1.29 is 0 Å². The van der Waals surface area contributed by atoms with E-state index >= 15 is 0 Å². The zero-order chi connectivity index (χ0) is 10.7. The molecule has 2 rings (SSSR count). The first-order valence-electron chi connectivity index (χ1n) is 5.28. The van der Waals surface area contributed by atoms with Gasteiger partial charge in [-0.15, -0.1) is 0 Å². The van der Waals surface area contributed by atoms with Crippen LogP contribution in [-0.2, 0) is 0 Å². The minimum absolute atomic E-state index is 0.544. The molecule has 0 bridgehead atoms. The summed E-state index contributed by atoms with van der Waals surface area (Å²) in [6, 6.07) is 6.47. The Labute approximate surface area is 98.6 Å². The van der Waals surface area contributed by atoms with Crippen LogP contribution < -0.4 is 16.4 Å². The van der Waals surface area contributed by atoms with E-state index in [4.69, 9.17) is 5.73 Å². The van der Waals surface area contributed by atoms with Gasteiger partial charge in [-0.05, 0) is 44.1 Å². The van der Waals surface area contributed by atoms with Gasteiger partial charge in [0.2, 0.25) is 0 Å². The molecule has 4 N–H and O–H groups in total. The van der Waals surface area contributed by atoms with E-state index in [1.807, 2.05) is 18.2 Å². The maximum atomic E-state index is 5.91. The van der Waals surface area contributed by atoms with Crippen molar-refractivity contribution >= 4 is 27.3 Å². The summed E-state index contributed by atoms with van der Waals surface area (Å²) in [5.41, 5.74) is 7.76. The molecule has 82 valence electrons. The Bertz CT molecular complexity index is 335. The van der Waals surface area contributed by atoms with Crippen LogP contribution in [0.1, 0.15) is 12.8 Å². The Kier molecular flexibility index (Phi) is 3.49. The lowest BCUT2D eigenvalue weighted by molar-refractivity contribution is 0.479. The van der Waals surface area contributed by atoms with Crippen LogP contribution in [0.4, 0.5) is 11.4 Å². The highest BCUT2D eigenvalue weighted by Gasteiger charge is 2.13. The second-order valence-electron chi connectivity index (χ2n) is 3.90. The number of nitrogen functional groups attached to an aromatic ring is 1. The third-order valence-corrected chi connectivity index (χ3v) is 3.21. The quantitative estimate of drug-likeness (QED) is 0.722. The van der Waals surface area contributed by atoms with Crippen molar-refractivity contribution in [2.75, 3.05) is 24.1 Å². The minimum atomic E-state index is 0.544. The molecule has 4 heteroatoms. The van der Waals surface area contributed by atoms with E-state index in [0.29, 0.717) is 6.04 Å². The van der Waals surface area contributed by atoms with Gasteiger partial charge in [-0.1, -0.05) is 15.9 Å². The number of anilines is 2. The molecule has 1 aliphatic rings. The number of benzene rings is 1. The summed E-state index contributed by atoms with van der Waals surface area (Å²) < 4.78 is 1.06. The summed E-state index contributed by atoms with van der Waals surface area (Å²) in [6.45, 7) is 2.18. The molecule has 1 heterocycles. The number of rotatable bonds is 2. The van der Waals surface area contributed by atoms with Crippen molar-refractivity contribution in [3.8, 4) is 0 Å². The largest absolute Gasteiger partial charge is 0.397 e. The second-order valence-corrected chi connectivity index (χ2v) is 4.82. The highest BCUT2D eigenvalue weighted by atomic mass is 79.9. The Morgan fingerprint density at radius 3 is 2.80 bits per heavy atom. The molecular weight excluding hydrogens is 254 g/mol. The number of hydrogen-bond acceptors (Lipinski definition) is 3. The van der Waals surface area contributed by atoms with Crippen LogP contribution in [0.15, 0.2) is 22.7 Å². The molecule has 0 saturated carbocycles. The molecule has 1 saturated heterocycles. The lowest BCUT2D eigenvalue weighted by Crippen LogP contribution is -2.35. The lowest BCUT2D eigenvalue weighted by Gasteiger charge is -2.25. The average molecular weight is 270 g/mol. The van der Waals surface area contributed by atoms with Gasteiger partial charge < -0.3 is 16.4 Å². The standard InChI is InChI=1S/C11H16BrN3/c12-8-1-2-10(13)11(7-8)15-9-3-5-14-6-4-9/h1-2,7,9,14-15H,3-6,13H2. The predicted molar refractivity (Wildman–Crippen MR) is 68.1 cm³/mol. The Morgan fingerprint density at radius 2 is 2.07 bits per heavy atom. The van der Waals surface area contributed by atoms with Crippen LogP contribution in [-0.4, -0.2) is 19.1 Å². The van der Waals surface area contributed by atoms with E-state index in [0.717, 1.165) is 41.8 Å². The van der Waals surface area contributed by atoms with E-state index in [1.54, 1.807) is 0 Å². The normalized spacial score (nSPS) is 17.7. The maximum absolute atomic E-state index is 5.91. The highest BCUT2D eigenvalue weighted by Crippen LogP contribution is 2.25. The van der Waals surface area contributed by atoms with Crippen molar-refractivity contribution in [3.63, 3.8) is 0 Å². The Morgan fingerprint density at radius 1 is 1.33 bits per heavy atom. The fraction of sp³-hybridized carbons (Fsp3) is 0.455. The summed E-state index contributed by atoms with van der Waals surface area (Å²) in [7, 11) is 0. The van der Waals surface area contributed by atoms with Crippen molar-refractivity contribution in [3.05, 3.63) is 22.7 Å². The van der Waals surface area contributed by atoms with Gasteiger partial charge >= 0.3 is 0 Å². The van der Waals surface area contributed by atoms with Crippen LogP contribution >= 0.6 is 15.9 Å². The molecule has 15 heavy (non-hydrogen) atoms. The molecular formula is C11H16BrN3. The molecule has 0 aromatic heterocycles. The molecule has 1 aromatic rings. The number of halogens is 1. The lowest BCUT2D eigenvalue weighted by atomic mass is 10.1. The average Bonchev–Trinajstić information content (AvgIpc) is 2.25. The van der Waals surface area contributed by atoms with Crippen molar-refractivity contribution in [1.29, 1.82) is 0 Å². The summed E-state index contributed by atoms with van der Waals surface area (Å²) >= 11 is 3.45. The molecule has 0 radical (unpaired) electrons. The number of hydrogen-bond donors (Lipinski definition) is 3. The van der Waals surface area contributed by atoms with E-state index in [-0.39, 0.29) is 0 Å². The summed E-state index contributed by atoms with van der Waals surface area (Å²) in [5.74, 6) is 0. The second kappa shape index (κ2) is 4.86. The van der Waals surface area contributed by atoms with Crippen molar-refractivity contribution in [1.82, 2.24) is 5.32 Å². The van der Waals surface area contributed by atoms with Crippen LogP contribution in [0.3, 0.4) is 0 Å². The van der Waals surface area contributed by atoms with Crippen LogP contribution in [0, 0.1) is 0 Å². The fourth-order valence-corrected chi connectivity index (χ4v) is 2.20. The molecule has 3 nitrogen and oxygen atoms in total. The topological polar surface area (TPSA) is 50.1 Å². The minimum Gasteiger partial charge on any atom is -0.397 e. The monoisotopic (exact) mass is 269 g/mol. The number of nitrogens with one attached hydrogen (secondary N) is 2. The third kappa shape index (κ3) is 2.86. The van der Waals surface area contributed by atoms with Crippen molar-refractivity contribution in [2.24, 2.45) is 0 Å². The van der Waals surface area contributed by atoms with Gasteiger partial charge in [0.05, 0.1) is 11.4 Å². The maximum Gasteiger partial charge on any atom is 0.0587 e. The van der Waals surface area contributed by atoms with E-state index in [1.165, 1.54) is 0 Å². The van der Waals surface area contributed by atoms with E-state index in [9.17, 15) is 0 Å². The van der Waals surface area contributed by atoms with Gasteiger partial charge in [0, 0.05) is 10.5 Å². The molecule has 0 aliphatic carbocycles. The molecule has 0 spiro atoms. The van der Waals surface area contributed by atoms with Crippen LogP contribution in [0.5, 0.6) is 0 Å². The smallest absolute Gasteiger partial charge is 0.0587 e. The first-order valence-corrected chi connectivity index (χ1v) is 6.07. The van der Waals surface area contributed by atoms with E-state index in [2.05, 4.69) is 26.6 Å². The summed E-state index contributed by atoms with van der Waals surface area (Å²) in [5, 5.41) is 6.84. The van der Waals surface area contributed by atoms with Gasteiger partial charge in [-0.2, -0.15) is 0 Å². The SMILES string of the molecule is Nc1ccc(Br)cc1NC1CCNCC1. The van der Waals surface area contributed by atoms with E-state index < -0.39 is 0 Å². The molecule has 1 aromatic carbocycles. The Balaban J connectivity index is 2.05. The molecule has 0 amide bonds. The number of piperidine rings is 1. The zero-order valence-corrected chi connectivity index (χ0v) is 10.2. The van der Waals surface area contributed by atoms with Crippen LogP contribution in [0.25, 0.3) is 0 Å². The first-order chi connectivity index (χ1) is 7.25. The van der Waals surface area contributed by atoms with Gasteiger partial charge in [-0.25, -0.2) is 0 Å². The van der Waals surface area contributed by atoms with Gasteiger partial charge in [-0.3, -0.25) is 0 Å². The molecule has 0 atom stereocenters. The van der Waals surface area contributed by atoms with Crippen LogP contribution in [0.2, 0.25) is 0 Å². The zero-order valence-electron chi connectivity index (χ0n) is 8.59. The number of nitrogens with two attached hydrogens (primary N) is 1. The molecule has 1 aliphatic heterocycles. The third-order valence-electron chi connectivity index (χ3n) is 2.71. The van der Waals surface area contributed by atoms with Gasteiger partial charge in [0.25, 0.3) is 0 Å². The summed E-state index contributed by atoms with van der Waals surface area (Å²) in [4.78, 5) is 0. The fourth-order valence-electron chi connectivity index (χ4n) is 1.84. The summed E-state index contributed by atoms with van der Waals surface area (Å²) in [6.07, 6.45) is 2.32. The Hall–Kier alpha value is -0.740. The van der Waals surface area contributed by atoms with Gasteiger partial charge in [0.1, 0.15) is 0 Å². The molecule has 1 fully saturated rings. The predicted octanol–water partition coefficient (Wildman–Crippen LogP) is 2.20. The first kappa shape index (κ1) is 10.8.